The number of hydrogen-bond acceptors (Lipinski definition) is 8. The molecule has 0 heterocycles. The molecule has 2 unspecified atom stereocenters. The number of nitrogen functional groups attached to an aromatic ring is 2. The molecule has 2 atom stereocenters. The maximum Gasteiger partial charge on any atom is 0.161 e. The highest BCUT2D eigenvalue weighted by Gasteiger charge is 2.50. The zero-order chi connectivity index (χ0) is 47.4. The Bertz CT molecular complexity index is 1880. The number of unbranched alkanes of at least 4 members (excludes halogenated alkanes) is 4. The van der Waals surface area contributed by atoms with E-state index in [1.807, 2.05) is 24.3 Å². The summed E-state index contributed by atoms with van der Waals surface area (Å²) in [5.74, 6) is 3.99. The number of hydrogen-bond donors (Lipinski definition) is 4. The van der Waals surface area contributed by atoms with Gasteiger partial charge in [0.1, 0.15) is 23.7 Å². The van der Waals surface area contributed by atoms with Gasteiger partial charge in [-0.3, -0.25) is 9.59 Å². The van der Waals surface area contributed by atoms with E-state index in [1.165, 1.54) is 88.2 Å². The first-order valence-corrected chi connectivity index (χ1v) is 26.1. The molecule has 4 aromatic carbocycles. The lowest BCUT2D eigenvalue weighted by atomic mass is 9.65. The van der Waals surface area contributed by atoms with Crippen LogP contribution in [0.4, 0.5) is 11.4 Å². The van der Waals surface area contributed by atoms with Crippen molar-refractivity contribution in [1.29, 1.82) is 0 Å². The first kappa shape index (κ1) is 51.7. The van der Waals surface area contributed by atoms with E-state index < -0.39 is 17.6 Å². The van der Waals surface area contributed by atoms with Gasteiger partial charge in [-0.15, -0.1) is 0 Å². The first-order valence-electron chi connectivity index (χ1n) is 26.1. The molecule has 6 rings (SSSR count). The predicted octanol–water partition coefficient (Wildman–Crippen LogP) is 12.9. The largest absolute Gasteiger partial charge is 0.494 e. The van der Waals surface area contributed by atoms with Crippen molar-refractivity contribution < 1.29 is 29.3 Å². The van der Waals surface area contributed by atoms with E-state index in [4.69, 9.17) is 20.9 Å². The number of anilines is 2. The van der Waals surface area contributed by atoms with E-state index in [1.54, 1.807) is 24.3 Å². The number of ether oxygens (including phenoxy) is 2. The fourth-order valence-corrected chi connectivity index (χ4v) is 11.1. The van der Waals surface area contributed by atoms with Crippen LogP contribution in [0.2, 0.25) is 0 Å². The van der Waals surface area contributed by atoms with Crippen LogP contribution in [0.5, 0.6) is 11.5 Å². The number of rotatable bonds is 28. The van der Waals surface area contributed by atoms with Gasteiger partial charge in [0.25, 0.3) is 0 Å². The maximum absolute atomic E-state index is 14.1. The van der Waals surface area contributed by atoms with Crippen molar-refractivity contribution in [3.63, 3.8) is 0 Å². The summed E-state index contributed by atoms with van der Waals surface area (Å²) in [4.78, 5) is 28.2. The van der Waals surface area contributed by atoms with Crippen LogP contribution >= 0.6 is 0 Å². The molecule has 2 fully saturated rings. The lowest BCUT2D eigenvalue weighted by molar-refractivity contribution is -0.152. The summed E-state index contributed by atoms with van der Waals surface area (Å²) < 4.78 is 12.2. The van der Waals surface area contributed by atoms with Crippen LogP contribution in [0.25, 0.3) is 0 Å². The summed E-state index contributed by atoms with van der Waals surface area (Å²) in [7, 11) is 0. The zero-order valence-corrected chi connectivity index (χ0v) is 40.9. The van der Waals surface area contributed by atoms with Crippen LogP contribution in [-0.2, 0) is 22.4 Å². The molecule has 2 aliphatic carbocycles. The molecular formula is C59H82N2O6. The smallest absolute Gasteiger partial charge is 0.161 e. The molecular weight excluding hydrogens is 833 g/mol. The third-order valence-electron chi connectivity index (χ3n) is 15.2. The molecule has 8 nitrogen and oxygen atoms in total. The Kier molecular flexibility index (Phi) is 20.7. The second-order valence-corrected chi connectivity index (χ2v) is 20.3. The Labute approximate surface area is 402 Å². The second kappa shape index (κ2) is 26.8. The minimum absolute atomic E-state index is 0.0942. The second-order valence-electron chi connectivity index (χ2n) is 20.3. The van der Waals surface area contributed by atoms with E-state index in [2.05, 4.69) is 62.4 Å². The van der Waals surface area contributed by atoms with Crippen LogP contribution in [0, 0.1) is 17.3 Å². The number of aliphatic hydroxyl groups excluding tert-OH is 2. The van der Waals surface area contributed by atoms with E-state index in [9.17, 15) is 19.8 Å². The Hall–Kier alpha value is -4.66. The van der Waals surface area contributed by atoms with Crippen LogP contribution in [-0.4, -0.2) is 47.2 Å². The number of aliphatic hydroxyl groups is 2. The van der Waals surface area contributed by atoms with E-state index in [0.717, 1.165) is 60.1 Å². The van der Waals surface area contributed by atoms with Gasteiger partial charge in [-0.05, 0) is 197 Å². The summed E-state index contributed by atoms with van der Waals surface area (Å²) >= 11 is 0. The quantitative estimate of drug-likeness (QED) is 0.0326. The lowest BCUT2D eigenvalue weighted by Crippen LogP contribution is -2.55. The number of Topliss-reactive ketones (excluding diaryl/α,β-unsaturated/α-hetero) is 2. The summed E-state index contributed by atoms with van der Waals surface area (Å²) in [5.41, 5.74) is 16.0. The summed E-state index contributed by atoms with van der Waals surface area (Å²) in [6.07, 6.45) is 16.9. The van der Waals surface area contributed by atoms with Gasteiger partial charge >= 0.3 is 0 Å². The van der Waals surface area contributed by atoms with E-state index >= 15 is 0 Å². The molecule has 6 N–H and O–H groups in total. The number of ketones is 2. The first-order chi connectivity index (χ1) is 32.6. The van der Waals surface area contributed by atoms with Gasteiger partial charge in [0, 0.05) is 29.6 Å². The van der Waals surface area contributed by atoms with Crippen molar-refractivity contribution in [2.24, 2.45) is 17.3 Å². The average molecular weight is 915 g/mol. The van der Waals surface area contributed by atoms with Gasteiger partial charge < -0.3 is 31.2 Å². The molecule has 4 aromatic rings. The van der Waals surface area contributed by atoms with Crippen LogP contribution in [0.1, 0.15) is 176 Å². The molecule has 0 aromatic heterocycles. The molecule has 8 heteroatoms. The monoisotopic (exact) mass is 915 g/mol. The van der Waals surface area contributed by atoms with Crippen molar-refractivity contribution in [3.8, 4) is 11.5 Å². The predicted molar refractivity (Wildman–Crippen MR) is 274 cm³/mol. The average Bonchev–Trinajstić information content (AvgIpc) is 3.35. The van der Waals surface area contributed by atoms with E-state index in [-0.39, 0.29) is 37.2 Å². The topological polar surface area (TPSA) is 145 Å². The normalized spacial score (nSPS) is 19.6. The summed E-state index contributed by atoms with van der Waals surface area (Å²) in [5, 5.41) is 24.4. The number of nitrogens with two attached hydrogens (primary N) is 2. The molecule has 0 saturated heterocycles. The van der Waals surface area contributed by atoms with Gasteiger partial charge in [0.05, 0.1) is 13.2 Å². The minimum atomic E-state index is -1.60. The Morgan fingerprint density at radius 1 is 0.522 bits per heavy atom. The van der Waals surface area contributed by atoms with Crippen molar-refractivity contribution in [2.75, 3.05) is 24.7 Å². The maximum atomic E-state index is 14.1. The van der Waals surface area contributed by atoms with Gasteiger partial charge in [0.2, 0.25) is 0 Å². The van der Waals surface area contributed by atoms with Gasteiger partial charge in [0.15, 0.2) is 11.6 Å². The molecule has 2 saturated carbocycles. The molecule has 0 aliphatic heterocycles. The molecule has 0 amide bonds. The van der Waals surface area contributed by atoms with Crippen LogP contribution in [0.3, 0.4) is 0 Å². The van der Waals surface area contributed by atoms with E-state index in [0.29, 0.717) is 49.3 Å². The SMILES string of the molecule is CCCC1CCC(c2ccc(OCCCCCC(=O)C(O)C(Cc3ccc(N)cc3)(Cc3ccc(N)cc3)C(O)C(=O)CCCCCOc3ccc(C4CCC(CCC)CC4)cc3)cc2)CC1. The Balaban J connectivity index is 1.01. The van der Waals surface area contributed by atoms with Gasteiger partial charge in [-0.1, -0.05) is 88.1 Å². The molecule has 2 aliphatic rings. The third-order valence-corrected chi connectivity index (χ3v) is 15.2. The zero-order valence-electron chi connectivity index (χ0n) is 40.9. The molecule has 67 heavy (non-hydrogen) atoms. The van der Waals surface area contributed by atoms with Crippen molar-refractivity contribution in [1.82, 2.24) is 0 Å². The molecule has 0 spiro atoms. The number of carbonyl (C=O) groups is 2. The molecule has 364 valence electrons. The standard InChI is InChI=1S/C59H82N2O6/c1-3-11-43-15-23-47(24-16-43)49-27-35-53(36-28-49)66-39-9-5-7-13-55(62)57(64)59(41-45-19-31-51(60)32-20-45,42-46-21-33-52(61)34-22-46)58(65)56(63)14-8-6-10-40-67-54-37-29-50(30-38-54)48-25-17-44(12-4-2)18-26-48/h19-22,27-38,43-44,47-48,57-58,64-65H,3-18,23-26,39-42,60-61H2,1-2H3. The molecule has 0 bridgehead atoms. The number of benzene rings is 4. The van der Waals surface area contributed by atoms with Crippen LogP contribution < -0.4 is 20.9 Å². The fourth-order valence-electron chi connectivity index (χ4n) is 11.1. The fraction of sp³-hybridized carbons (Fsp3) is 0.559. The highest BCUT2D eigenvalue weighted by Crippen LogP contribution is 2.41. The van der Waals surface area contributed by atoms with Crippen molar-refractivity contribution >= 4 is 22.9 Å². The summed E-state index contributed by atoms with van der Waals surface area (Å²) in [6.45, 7) is 5.63. The summed E-state index contributed by atoms with van der Waals surface area (Å²) in [6, 6.07) is 31.6. The Morgan fingerprint density at radius 3 is 1.22 bits per heavy atom. The highest BCUT2D eigenvalue weighted by molar-refractivity contribution is 5.88. The van der Waals surface area contributed by atoms with Crippen molar-refractivity contribution in [3.05, 3.63) is 119 Å². The molecule has 0 radical (unpaired) electrons. The number of carbonyl (C=O) groups excluding carboxylic acids is 2. The van der Waals surface area contributed by atoms with Gasteiger partial charge in [-0.2, -0.15) is 0 Å². The Morgan fingerprint density at radius 2 is 0.881 bits per heavy atom. The van der Waals surface area contributed by atoms with Crippen molar-refractivity contribution in [2.45, 2.75) is 179 Å². The van der Waals surface area contributed by atoms with Gasteiger partial charge in [-0.25, -0.2) is 0 Å². The highest BCUT2D eigenvalue weighted by atomic mass is 16.5. The van der Waals surface area contributed by atoms with Crippen LogP contribution in [0.15, 0.2) is 97.1 Å². The lowest BCUT2D eigenvalue weighted by Gasteiger charge is -2.41. The minimum Gasteiger partial charge on any atom is -0.494 e. The third kappa shape index (κ3) is 15.7.